The molecule has 134 valence electrons. The van der Waals surface area contributed by atoms with Crippen molar-refractivity contribution in [2.75, 3.05) is 41.9 Å². The highest BCUT2D eigenvalue weighted by atomic mass is 35.5. The van der Waals surface area contributed by atoms with E-state index in [4.69, 9.17) is 21.1 Å². The summed E-state index contributed by atoms with van der Waals surface area (Å²) in [7, 11) is 0. The zero-order chi connectivity index (χ0) is 17.4. The number of hydrogen-bond donors (Lipinski definition) is 1. The topological polar surface area (TPSA) is 71.1 Å². The van der Waals surface area contributed by atoms with Crippen LogP contribution in [0.15, 0.2) is 18.2 Å². The predicted molar refractivity (Wildman–Crippen MR) is 93.6 cm³/mol. The number of amides is 2. The van der Waals surface area contributed by atoms with Crippen molar-refractivity contribution in [1.29, 1.82) is 0 Å². The molecule has 3 aliphatic rings. The van der Waals surface area contributed by atoms with Gasteiger partial charge in [-0.1, -0.05) is 0 Å². The van der Waals surface area contributed by atoms with E-state index in [2.05, 4.69) is 10.2 Å². The highest BCUT2D eigenvalue weighted by molar-refractivity contribution is 6.27. The van der Waals surface area contributed by atoms with Crippen LogP contribution in [-0.2, 0) is 9.53 Å². The van der Waals surface area contributed by atoms with Crippen molar-refractivity contribution in [2.45, 2.75) is 25.0 Å². The van der Waals surface area contributed by atoms with Gasteiger partial charge in [-0.15, -0.1) is 11.6 Å². The maximum Gasteiger partial charge on any atom is 0.414 e. The number of hydrogen-bond acceptors (Lipinski definition) is 5. The van der Waals surface area contributed by atoms with Crippen LogP contribution in [0.1, 0.15) is 12.8 Å². The highest BCUT2D eigenvalue weighted by Gasteiger charge is 2.35. The minimum absolute atomic E-state index is 0.107. The first-order valence-electron chi connectivity index (χ1n) is 8.50. The number of carbonyl (C=O) groups excluding carboxylic acids is 2. The molecule has 0 saturated carbocycles. The number of benzene rings is 1. The Morgan fingerprint density at radius 3 is 3.12 bits per heavy atom. The van der Waals surface area contributed by atoms with E-state index in [1.807, 2.05) is 18.2 Å². The molecule has 1 aromatic rings. The van der Waals surface area contributed by atoms with Gasteiger partial charge in [0.15, 0.2) is 0 Å². The van der Waals surface area contributed by atoms with Gasteiger partial charge in [-0.05, 0) is 25.0 Å². The summed E-state index contributed by atoms with van der Waals surface area (Å²) in [6.07, 6.45) is 1.54. The molecule has 0 bridgehead atoms. The third-order valence-corrected chi connectivity index (χ3v) is 5.14. The lowest BCUT2D eigenvalue weighted by molar-refractivity contribution is -0.119. The smallest absolute Gasteiger partial charge is 0.414 e. The summed E-state index contributed by atoms with van der Waals surface area (Å²) in [5.41, 5.74) is 1.84. The number of nitrogens with one attached hydrogen (secondary N) is 1. The van der Waals surface area contributed by atoms with Crippen molar-refractivity contribution in [2.24, 2.45) is 0 Å². The molecule has 0 aliphatic carbocycles. The molecule has 0 spiro atoms. The minimum Gasteiger partial charge on any atom is -0.489 e. The maximum absolute atomic E-state index is 12.2. The van der Waals surface area contributed by atoms with Crippen molar-refractivity contribution < 1.29 is 19.1 Å². The fourth-order valence-electron chi connectivity index (χ4n) is 3.65. The van der Waals surface area contributed by atoms with Crippen LogP contribution in [-0.4, -0.2) is 56.3 Å². The number of fused-ring (bicyclic) bond motifs is 3. The molecule has 3 heterocycles. The first kappa shape index (κ1) is 16.3. The Morgan fingerprint density at radius 2 is 2.28 bits per heavy atom. The molecule has 1 N–H and O–H groups in total. The van der Waals surface area contributed by atoms with Crippen molar-refractivity contribution in [3.05, 3.63) is 18.2 Å². The molecule has 2 amide bonds. The number of ether oxygens (including phenoxy) is 2. The predicted octanol–water partition coefficient (Wildman–Crippen LogP) is 1.73. The molecule has 0 aromatic heterocycles. The number of carbonyl (C=O) groups is 2. The van der Waals surface area contributed by atoms with Crippen molar-refractivity contribution >= 4 is 35.0 Å². The van der Waals surface area contributed by atoms with Crippen molar-refractivity contribution in [1.82, 2.24) is 5.32 Å². The number of anilines is 2. The van der Waals surface area contributed by atoms with Crippen LogP contribution in [0, 0.1) is 0 Å². The largest absolute Gasteiger partial charge is 0.489 e. The Balaban J connectivity index is 1.47. The summed E-state index contributed by atoms with van der Waals surface area (Å²) in [4.78, 5) is 27.3. The van der Waals surface area contributed by atoms with E-state index >= 15 is 0 Å². The third kappa shape index (κ3) is 3.08. The zero-order valence-corrected chi connectivity index (χ0v) is 14.5. The first-order chi connectivity index (χ1) is 12.2. The summed E-state index contributed by atoms with van der Waals surface area (Å²) in [5.74, 6) is 0.421. The second-order valence-electron chi connectivity index (χ2n) is 6.51. The van der Waals surface area contributed by atoms with E-state index in [0.717, 1.165) is 30.1 Å². The van der Waals surface area contributed by atoms with Crippen LogP contribution in [0.2, 0.25) is 0 Å². The average Bonchev–Trinajstić information content (AvgIpc) is 3.25. The van der Waals surface area contributed by atoms with E-state index in [9.17, 15) is 9.59 Å². The molecule has 25 heavy (non-hydrogen) atoms. The van der Waals surface area contributed by atoms with E-state index in [-0.39, 0.29) is 24.4 Å². The van der Waals surface area contributed by atoms with Gasteiger partial charge in [0.2, 0.25) is 5.91 Å². The molecule has 2 saturated heterocycles. The van der Waals surface area contributed by atoms with E-state index in [1.54, 1.807) is 4.90 Å². The Morgan fingerprint density at radius 1 is 1.40 bits per heavy atom. The van der Waals surface area contributed by atoms with Gasteiger partial charge in [0, 0.05) is 12.6 Å². The lowest BCUT2D eigenvalue weighted by Gasteiger charge is -2.34. The van der Waals surface area contributed by atoms with Gasteiger partial charge in [-0.25, -0.2) is 4.79 Å². The molecular formula is C17H20ClN3O4. The quantitative estimate of drug-likeness (QED) is 0.823. The van der Waals surface area contributed by atoms with Gasteiger partial charge < -0.3 is 19.7 Å². The molecule has 7 nitrogen and oxygen atoms in total. The lowest BCUT2D eigenvalue weighted by Crippen LogP contribution is -2.38. The summed E-state index contributed by atoms with van der Waals surface area (Å²) in [6.45, 7) is 2.37. The minimum atomic E-state index is -0.417. The first-order valence-corrected chi connectivity index (χ1v) is 9.03. The SMILES string of the molecule is O=C(CCl)NC[C@H]1CN(c2ccc3c(c2)OC[C@@H]2CCCN32)C(=O)O1. The summed E-state index contributed by atoms with van der Waals surface area (Å²) in [5, 5.41) is 2.64. The molecule has 1 aromatic carbocycles. The highest BCUT2D eigenvalue weighted by Crippen LogP contribution is 2.40. The van der Waals surface area contributed by atoms with Crippen molar-refractivity contribution in [3.63, 3.8) is 0 Å². The monoisotopic (exact) mass is 365 g/mol. The Labute approximate surface area is 150 Å². The van der Waals surface area contributed by atoms with Gasteiger partial charge in [-0.2, -0.15) is 0 Å². The fourth-order valence-corrected chi connectivity index (χ4v) is 3.74. The fraction of sp³-hybridized carbons (Fsp3) is 0.529. The molecule has 8 heteroatoms. The standard InChI is InChI=1S/C17H20ClN3O4/c18-7-16(22)19-8-13-9-21(17(23)25-13)11-3-4-14-15(6-11)24-10-12-2-1-5-20(12)14/h3-4,6,12-13H,1-2,5,7-10H2,(H,19,22)/t12-,13-/m0/s1. The number of halogens is 1. The van der Waals surface area contributed by atoms with E-state index < -0.39 is 6.09 Å². The Kier molecular flexibility index (Phi) is 4.33. The van der Waals surface area contributed by atoms with Gasteiger partial charge >= 0.3 is 6.09 Å². The van der Waals surface area contributed by atoms with E-state index in [0.29, 0.717) is 19.2 Å². The normalized spacial score (nSPS) is 24.4. The second-order valence-corrected chi connectivity index (χ2v) is 6.77. The molecule has 3 aliphatic heterocycles. The zero-order valence-electron chi connectivity index (χ0n) is 13.7. The number of alkyl halides is 1. The summed E-state index contributed by atoms with van der Waals surface area (Å²) < 4.78 is 11.2. The Hall–Kier alpha value is -2.15. The number of cyclic esters (lactones) is 1. The molecule has 0 radical (unpaired) electrons. The van der Waals surface area contributed by atoms with E-state index in [1.165, 1.54) is 6.42 Å². The molecule has 2 fully saturated rings. The van der Waals surface area contributed by atoms with Crippen LogP contribution in [0.25, 0.3) is 0 Å². The van der Waals surface area contributed by atoms with Crippen molar-refractivity contribution in [3.8, 4) is 5.75 Å². The van der Waals surface area contributed by atoms with Crippen LogP contribution < -0.4 is 19.9 Å². The number of rotatable bonds is 4. The summed E-state index contributed by atoms with van der Waals surface area (Å²) in [6, 6.07) is 6.29. The average molecular weight is 366 g/mol. The molecule has 4 rings (SSSR count). The molecular weight excluding hydrogens is 346 g/mol. The summed E-state index contributed by atoms with van der Waals surface area (Å²) >= 11 is 5.45. The van der Waals surface area contributed by atoms with Gasteiger partial charge in [-0.3, -0.25) is 9.69 Å². The van der Waals surface area contributed by atoms with Gasteiger partial charge in [0.05, 0.1) is 30.5 Å². The van der Waals surface area contributed by atoms with Crippen LogP contribution in [0.5, 0.6) is 5.75 Å². The van der Waals surface area contributed by atoms with Crippen LogP contribution >= 0.6 is 11.6 Å². The Bertz CT molecular complexity index is 698. The maximum atomic E-state index is 12.2. The van der Waals surface area contributed by atoms with Gasteiger partial charge in [0.1, 0.15) is 24.3 Å². The van der Waals surface area contributed by atoms with Crippen LogP contribution in [0.4, 0.5) is 16.2 Å². The van der Waals surface area contributed by atoms with Crippen LogP contribution in [0.3, 0.4) is 0 Å². The lowest BCUT2D eigenvalue weighted by atomic mass is 10.1. The van der Waals surface area contributed by atoms with Gasteiger partial charge in [0.25, 0.3) is 0 Å². The third-order valence-electron chi connectivity index (χ3n) is 4.90. The second kappa shape index (κ2) is 6.63. The number of nitrogens with zero attached hydrogens (tertiary/aromatic N) is 2. The molecule has 2 atom stereocenters. The molecule has 0 unspecified atom stereocenters.